The van der Waals surface area contributed by atoms with Crippen LogP contribution in [0.1, 0.15) is 43.2 Å². The number of β-lactam (4-membered cyclic amide) rings is 1. The van der Waals surface area contributed by atoms with Crippen LogP contribution in [0.4, 0.5) is 23.7 Å². The quantitative estimate of drug-likeness (QED) is 0.298. The normalized spacial score (nSPS) is 22.7. The van der Waals surface area contributed by atoms with Crippen molar-refractivity contribution < 1.29 is 32.7 Å². The number of carbonyl (C=O) groups excluding carboxylic acids is 2. The van der Waals surface area contributed by atoms with Crippen molar-refractivity contribution in [1.29, 1.82) is 5.41 Å². The topological polar surface area (TPSA) is 137 Å². The van der Waals surface area contributed by atoms with Crippen LogP contribution in [-0.4, -0.2) is 52.4 Å². The molecule has 2 aliphatic rings. The van der Waals surface area contributed by atoms with Crippen molar-refractivity contribution in [3.05, 3.63) is 29.3 Å². The standard InChI is InChI=1S/C21H25F3N4O4/c22-21(23,24)17(11-5-2-1-3-6-11)27-20(32)28-16(19(30)31)13(18(28)29)9-12-7-4-8-15(26)14(12)10-25/h4,7-8,10-11,13,16-17,25H,1-3,5-6,9,26H2,(H,27,32)(H,30,31). The lowest BCUT2D eigenvalue weighted by Crippen LogP contribution is -2.70. The summed E-state index contributed by atoms with van der Waals surface area (Å²) in [5.41, 5.74) is 6.84. The number of rotatable bonds is 6. The first-order valence-corrected chi connectivity index (χ1v) is 10.4. The highest BCUT2D eigenvalue weighted by Gasteiger charge is 2.56. The SMILES string of the molecule is N=Cc1c(N)cccc1CC1C(=O)N(C(=O)NC(C2CCCCC2)C(F)(F)F)C1C(=O)O. The molecule has 1 aromatic rings. The molecule has 0 aromatic heterocycles. The number of carboxylic acids is 1. The monoisotopic (exact) mass is 454 g/mol. The number of amides is 3. The van der Waals surface area contributed by atoms with Crippen LogP contribution in [-0.2, 0) is 16.0 Å². The number of carboxylic acid groups (broad SMARTS) is 1. The second-order valence-electron chi connectivity index (χ2n) is 8.23. The van der Waals surface area contributed by atoms with Gasteiger partial charge >= 0.3 is 18.2 Å². The van der Waals surface area contributed by atoms with Gasteiger partial charge in [0.05, 0.1) is 5.92 Å². The maximum absolute atomic E-state index is 13.6. The molecule has 1 aliphatic carbocycles. The van der Waals surface area contributed by atoms with E-state index in [9.17, 15) is 32.7 Å². The number of alkyl halides is 3. The predicted molar refractivity (Wildman–Crippen MR) is 109 cm³/mol. The highest BCUT2D eigenvalue weighted by molar-refractivity contribution is 6.07. The summed E-state index contributed by atoms with van der Waals surface area (Å²) in [6.45, 7) is 0. The summed E-state index contributed by atoms with van der Waals surface area (Å²) < 4.78 is 40.9. The van der Waals surface area contributed by atoms with Gasteiger partial charge in [0, 0.05) is 17.5 Å². The molecule has 11 heteroatoms. The smallest absolute Gasteiger partial charge is 0.408 e. The van der Waals surface area contributed by atoms with Crippen molar-refractivity contribution in [2.24, 2.45) is 11.8 Å². The highest BCUT2D eigenvalue weighted by Crippen LogP contribution is 2.36. The van der Waals surface area contributed by atoms with Crippen molar-refractivity contribution in [3.63, 3.8) is 0 Å². The van der Waals surface area contributed by atoms with Crippen LogP contribution in [0.3, 0.4) is 0 Å². The zero-order valence-corrected chi connectivity index (χ0v) is 17.2. The Hall–Kier alpha value is -3.11. The number of nitrogens with two attached hydrogens (primary N) is 1. The number of carbonyl (C=O) groups is 3. The average molecular weight is 454 g/mol. The number of anilines is 1. The van der Waals surface area contributed by atoms with Gasteiger partial charge in [0.1, 0.15) is 6.04 Å². The van der Waals surface area contributed by atoms with Crippen LogP contribution >= 0.6 is 0 Å². The molecule has 0 spiro atoms. The molecule has 3 amide bonds. The van der Waals surface area contributed by atoms with Gasteiger partial charge in [0.2, 0.25) is 5.91 Å². The van der Waals surface area contributed by atoms with Gasteiger partial charge < -0.3 is 21.6 Å². The minimum Gasteiger partial charge on any atom is -0.480 e. The van der Waals surface area contributed by atoms with Crippen molar-refractivity contribution in [2.75, 3.05) is 5.73 Å². The number of hydrogen-bond acceptors (Lipinski definition) is 5. The maximum atomic E-state index is 13.6. The molecule has 1 saturated carbocycles. The number of nitrogens with zero attached hydrogens (tertiary/aromatic N) is 1. The van der Waals surface area contributed by atoms with Crippen molar-refractivity contribution >= 4 is 29.8 Å². The van der Waals surface area contributed by atoms with E-state index >= 15 is 0 Å². The second-order valence-corrected chi connectivity index (χ2v) is 8.23. The molecular formula is C21H25F3N4O4. The van der Waals surface area contributed by atoms with Gasteiger partial charge in [-0.25, -0.2) is 14.5 Å². The van der Waals surface area contributed by atoms with Crippen LogP contribution in [0.2, 0.25) is 0 Å². The molecule has 8 nitrogen and oxygen atoms in total. The third-order valence-electron chi connectivity index (χ3n) is 6.25. The first-order valence-electron chi connectivity index (χ1n) is 10.4. The van der Waals surface area contributed by atoms with E-state index in [0.717, 1.165) is 12.6 Å². The fourth-order valence-corrected chi connectivity index (χ4v) is 4.62. The molecule has 2 fully saturated rings. The zero-order valence-electron chi connectivity index (χ0n) is 17.2. The Morgan fingerprint density at radius 3 is 2.50 bits per heavy atom. The van der Waals surface area contributed by atoms with Crippen molar-refractivity contribution in [2.45, 2.75) is 56.8 Å². The van der Waals surface area contributed by atoms with E-state index in [2.05, 4.69) is 0 Å². The third kappa shape index (κ3) is 4.56. The Morgan fingerprint density at radius 1 is 1.28 bits per heavy atom. The molecule has 1 heterocycles. The summed E-state index contributed by atoms with van der Waals surface area (Å²) in [6, 6.07) is -0.402. The van der Waals surface area contributed by atoms with Gasteiger partial charge in [0.15, 0.2) is 6.04 Å². The molecule has 3 rings (SSSR count). The number of urea groups is 1. The molecule has 0 bridgehead atoms. The minimum atomic E-state index is -4.72. The molecule has 0 radical (unpaired) electrons. The van der Waals surface area contributed by atoms with Gasteiger partial charge in [-0.15, -0.1) is 0 Å². The highest BCUT2D eigenvalue weighted by atomic mass is 19.4. The van der Waals surface area contributed by atoms with Crippen LogP contribution in [0.5, 0.6) is 0 Å². The Morgan fingerprint density at radius 2 is 1.94 bits per heavy atom. The van der Waals surface area contributed by atoms with E-state index in [0.29, 0.717) is 41.7 Å². The number of hydrogen-bond donors (Lipinski definition) is 4. The molecule has 5 N–H and O–H groups in total. The molecule has 32 heavy (non-hydrogen) atoms. The van der Waals surface area contributed by atoms with E-state index in [1.807, 2.05) is 5.32 Å². The van der Waals surface area contributed by atoms with E-state index in [1.54, 1.807) is 18.2 Å². The molecule has 3 atom stereocenters. The Labute approximate surface area is 182 Å². The molecular weight excluding hydrogens is 429 g/mol. The summed E-state index contributed by atoms with van der Waals surface area (Å²) in [5.74, 6) is -4.34. The molecule has 1 aromatic carbocycles. The number of halogens is 3. The van der Waals surface area contributed by atoms with Gasteiger partial charge in [-0.1, -0.05) is 31.4 Å². The van der Waals surface area contributed by atoms with Gasteiger partial charge in [0.25, 0.3) is 0 Å². The third-order valence-corrected chi connectivity index (χ3v) is 6.25. The number of aliphatic carboxylic acids is 1. The number of likely N-dealkylation sites (tertiary alicyclic amines) is 1. The molecule has 3 unspecified atom stereocenters. The van der Waals surface area contributed by atoms with Gasteiger partial charge in [-0.2, -0.15) is 13.2 Å². The average Bonchev–Trinajstić information content (AvgIpc) is 2.73. The van der Waals surface area contributed by atoms with Crippen molar-refractivity contribution in [1.82, 2.24) is 10.2 Å². The van der Waals surface area contributed by atoms with E-state index in [1.165, 1.54) is 0 Å². The van der Waals surface area contributed by atoms with Crippen LogP contribution in [0.15, 0.2) is 18.2 Å². The van der Waals surface area contributed by atoms with Crippen molar-refractivity contribution in [3.8, 4) is 0 Å². The largest absolute Gasteiger partial charge is 0.480 e. The fraction of sp³-hybridized carbons (Fsp3) is 0.524. The first-order chi connectivity index (χ1) is 15.1. The van der Waals surface area contributed by atoms with Gasteiger partial charge in [-0.3, -0.25) is 4.79 Å². The molecule has 174 valence electrons. The lowest BCUT2D eigenvalue weighted by atomic mass is 9.81. The van der Waals surface area contributed by atoms with Crippen LogP contribution < -0.4 is 11.1 Å². The summed E-state index contributed by atoms with van der Waals surface area (Å²) in [4.78, 5) is 37.4. The second kappa shape index (κ2) is 9.17. The summed E-state index contributed by atoms with van der Waals surface area (Å²) in [7, 11) is 0. The van der Waals surface area contributed by atoms with E-state index in [-0.39, 0.29) is 12.1 Å². The molecule has 1 aliphatic heterocycles. The van der Waals surface area contributed by atoms with Crippen LogP contribution in [0, 0.1) is 17.2 Å². The maximum Gasteiger partial charge on any atom is 0.408 e. The van der Waals surface area contributed by atoms with Gasteiger partial charge in [-0.05, 0) is 36.8 Å². The first kappa shape index (κ1) is 23.6. The summed E-state index contributed by atoms with van der Waals surface area (Å²) in [5, 5.41) is 18.9. The predicted octanol–water partition coefficient (Wildman–Crippen LogP) is 2.94. The Balaban J connectivity index is 1.78. The minimum absolute atomic E-state index is 0.110. The van der Waals surface area contributed by atoms with E-state index in [4.69, 9.17) is 11.1 Å². The lowest BCUT2D eigenvalue weighted by Gasteiger charge is -2.44. The fourth-order valence-electron chi connectivity index (χ4n) is 4.62. The Bertz CT molecular complexity index is 915. The molecule has 1 saturated heterocycles. The summed E-state index contributed by atoms with van der Waals surface area (Å²) in [6.07, 6.45) is -1.20. The number of benzene rings is 1. The zero-order chi connectivity index (χ0) is 23.6. The summed E-state index contributed by atoms with van der Waals surface area (Å²) >= 11 is 0. The Kier molecular flexibility index (Phi) is 6.75. The number of imide groups is 1. The van der Waals surface area contributed by atoms with Crippen LogP contribution in [0.25, 0.3) is 0 Å². The number of nitrogens with one attached hydrogen (secondary N) is 2. The number of nitrogen functional groups attached to an aromatic ring is 1. The lowest BCUT2D eigenvalue weighted by molar-refractivity contribution is -0.172. The van der Waals surface area contributed by atoms with E-state index < -0.39 is 48.0 Å².